The lowest BCUT2D eigenvalue weighted by Gasteiger charge is -2.19. The van der Waals surface area contributed by atoms with Crippen molar-refractivity contribution in [2.45, 2.75) is 6.61 Å². The Labute approximate surface area is 217 Å². The van der Waals surface area contributed by atoms with Gasteiger partial charge in [-0.3, -0.25) is 9.48 Å². The van der Waals surface area contributed by atoms with Gasteiger partial charge in [-0.15, -0.1) is 0 Å². The van der Waals surface area contributed by atoms with Gasteiger partial charge in [0.1, 0.15) is 24.5 Å². The van der Waals surface area contributed by atoms with E-state index in [2.05, 4.69) is 32.3 Å². The maximum Gasteiger partial charge on any atom is 0.387 e. The molecule has 2 aromatic carbocycles. The van der Waals surface area contributed by atoms with Crippen LogP contribution in [0.1, 0.15) is 0 Å². The van der Waals surface area contributed by atoms with Crippen molar-refractivity contribution in [1.29, 1.82) is 0 Å². The molecule has 2 aromatic heterocycles. The molecule has 2 heterocycles. The van der Waals surface area contributed by atoms with E-state index in [1.165, 1.54) is 18.5 Å². The molecule has 0 saturated heterocycles. The molecule has 0 radical (unpaired) electrons. The molecule has 0 saturated carbocycles. The fourth-order valence-corrected chi connectivity index (χ4v) is 3.62. The maximum absolute atomic E-state index is 13.3. The fraction of sp³-hybridized carbons (Fsp3) is 0.231. The first-order chi connectivity index (χ1) is 18.2. The van der Waals surface area contributed by atoms with Crippen LogP contribution in [0.3, 0.4) is 0 Å². The van der Waals surface area contributed by atoms with E-state index in [0.29, 0.717) is 18.1 Å². The molecule has 0 spiro atoms. The summed E-state index contributed by atoms with van der Waals surface area (Å²) in [6.07, 6.45) is 4.22. The van der Waals surface area contributed by atoms with Crippen molar-refractivity contribution < 1.29 is 23.0 Å². The minimum Gasteiger partial charge on any atom is -0.490 e. The second kappa shape index (κ2) is 11.6. The highest BCUT2D eigenvalue weighted by Gasteiger charge is 2.18. The Morgan fingerprint density at radius 2 is 1.97 bits per heavy atom. The van der Waals surface area contributed by atoms with E-state index in [0.717, 1.165) is 22.5 Å². The molecule has 0 atom stereocenters. The third-order valence-corrected chi connectivity index (χ3v) is 5.51. The van der Waals surface area contributed by atoms with Gasteiger partial charge in [0.25, 0.3) is 0 Å². The highest BCUT2D eigenvalue weighted by molar-refractivity contribution is 6.00. The number of alkyl halides is 2. The minimum atomic E-state index is -3.09. The van der Waals surface area contributed by atoms with Crippen LogP contribution in [0, 0.1) is 0 Å². The predicted molar refractivity (Wildman–Crippen MR) is 141 cm³/mol. The van der Waals surface area contributed by atoms with Crippen LogP contribution in [0.25, 0.3) is 22.2 Å². The zero-order valence-corrected chi connectivity index (χ0v) is 21.1. The van der Waals surface area contributed by atoms with E-state index in [1.54, 1.807) is 16.9 Å². The van der Waals surface area contributed by atoms with Gasteiger partial charge in [-0.1, -0.05) is 18.7 Å². The third-order valence-electron chi connectivity index (χ3n) is 5.51. The van der Waals surface area contributed by atoms with Crippen LogP contribution in [-0.4, -0.2) is 64.4 Å². The van der Waals surface area contributed by atoms with Gasteiger partial charge in [0, 0.05) is 36.7 Å². The van der Waals surface area contributed by atoms with Crippen molar-refractivity contribution in [2.24, 2.45) is 7.05 Å². The van der Waals surface area contributed by atoms with Crippen LogP contribution in [-0.2, 0) is 11.8 Å². The van der Waals surface area contributed by atoms with Crippen LogP contribution >= 0.6 is 0 Å². The van der Waals surface area contributed by atoms with Crippen LogP contribution in [0.5, 0.6) is 11.5 Å². The number of rotatable bonds is 11. The number of aryl methyl sites for hydroxylation is 1. The van der Waals surface area contributed by atoms with Gasteiger partial charge < -0.3 is 25.0 Å². The number of ether oxygens (including phenoxy) is 2. The quantitative estimate of drug-likeness (QED) is 0.278. The molecule has 12 heteroatoms. The number of benzene rings is 2. The van der Waals surface area contributed by atoms with Crippen molar-refractivity contribution in [3.05, 3.63) is 61.6 Å². The second-order valence-electron chi connectivity index (χ2n) is 8.52. The maximum atomic E-state index is 13.3. The van der Waals surface area contributed by atoms with Gasteiger partial charge in [0.2, 0.25) is 5.91 Å². The molecular weight excluding hydrogens is 496 g/mol. The highest BCUT2D eigenvalue weighted by Crippen LogP contribution is 2.39. The Kier molecular flexibility index (Phi) is 8.12. The summed E-state index contributed by atoms with van der Waals surface area (Å²) in [7, 11) is 5.58. The smallest absolute Gasteiger partial charge is 0.387 e. The van der Waals surface area contributed by atoms with Gasteiger partial charge >= 0.3 is 6.61 Å². The summed E-state index contributed by atoms with van der Waals surface area (Å²) >= 11 is 0. The zero-order chi connectivity index (χ0) is 27.2. The van der Waals surface area contributed by atoms with Crippen LogP contribution in [0.4, 0.5) is 26.0 Å². The van der Waals surface area contributed by atoms with Crippen molar-refractivity contribution in [3.63, 3.8) is 0 Å². The highest BCUT2D eigenvalue weighted by atomic mass is 19.3. The van der Waals surface area contributed by atoms with E-state index in [1.807, 2.05) is 44.2 Å². The molecule has 0 unspecified atom stereocenters. The molecule has 0 bridgehead atoms. The monoisotopic (exact) mass is 523 g/mol. The number of anilines is 3. The lowest BCUT2D eigenvalue weighted by molar-refractivity contribution is -0.111. The zero-order valence-electron chi connectivity index (χ0n) is 21.1. The summed E-state index contributed by atoms with van der Waals surface area (Å²) in [5.74, 6) is -0.198. The number of hydrogen-bond donors (Lipinski definition) is 2. The number of likely N-dealkylation sites (N-methyl/N-ethyl adjacent to an activating group) is 1. The van der Waals surface area contributed by atoms with Crippen molar-refractivity contribution in [1.82, 2.24) is 24.6 Å². The van der Waals surface area contributed by atoms with Gasteiger partial charge in [0.05, 0.1) is 28.8 Å². The predicted octanol–water partition coefficient (Wildman–Crippen LogP) is 4.44. The normalized spacial score (nSPS) is 11.1. The molecule has 0 aliphatic rings. The number of nitrogens with one attached hydrogen (secondary N) is 2. The molecule has 10 nitrogen and oxygen atoms in total. The molecule has 4 rings (SSSR count). The number of aromatic nitrogens is 4. The molecule has 0 fully saturated rings. The topological polar surface area (TPSA) is 106 Å². The minimum absolute atomic E-state index is 0.136. The molecule has 38 heavy (non-hydrogen) atoms. The summed E-state index contributed by atoms with van der Waals surface area (Å²) in [6.45, 7) is 1.18. The average molecular weight is 524 g/mol. The summed E-state index contributed by atoms with van der Waals surface area (Å²) < 4.78 is 38.9. The Hall–Kier alpha value is -4.58. The first-order valence-electron chi connectivity index (χ1n) is 11.6. The first kappa shape index (κ1) is 26.5. The van der Waals surface area contributed by atoms with E-state index in [-0.39, 0.29) is 29.5 Å². The molecule has 0 aliphatic heterocycles. The van der Waals surface area contributed by atoms with Gasteiger partial charge in [-0.05, 0) is 32.3 Å². The van der Waals surface area contributed by atoms with Gasteiger partial charge in [-0.25, -0.2) is 9.97 Å². The van der Waals surface area contributed by atoms with Crippen molar-refractivity contribution >= 4 is 34.0 Å². The summed E-state index contributed by atoms with van der Waals surface area (Å²) in [5, 5.41) is 10.9. The van der Waals surface area contributed by atoms with E-state index < -0.39 is 12.5 Å². The number of nitrogens with zero attached hydrogens (tertiary/aromatic N) is 5. The molecule has 2 N–H and O–H groups in total. The summed E-state index contributed by atoms with van der Waals surface area (Å²) in [6, 6.07) is 10.2. The number of fused-ring (bicyclic) bond motifs is 1. The Balaban J connectivity index is 1.69. The molecule has 4 aromatic rings. The number of carbonyl (C=O) groups excluding carboxylic acids is 1. The number of hydrogen-bond acceptors (Lipinski definition) is 8. The van der Waals surface area contributed by atoms with Crippen LogP contribution < -0.4 is 20.1 Å². The number of carbonyl (C=O) groups is 1. The molecule has 1 amide bonds. The second-order valence-corrected chi connectivity index (χ2v) is 8.52. The third kappa shape index (κ3) is 6.40. The van der Waals surface area contributed by atoms with Gasteiger partial charge in [0.15, 0.2) is 5.75 Å². The van der Waals surface area contributed by atoms with Gasteiger partial charge in [-0.2, -0.15) is 13.9 Å². The van der Waals surface area contributed by atoms with E-state index >= 15 is 0 Å². The van der Waals surface area contributed by atoms with Crippen LogP contribution in [0.15, 0.2) is 61.6 Å². The summed E-state index contributed by atoms with van der Waals surface area (Å²) in [4.78, 5) is 22.5. The first-order valence-corrected chi connectivity index (χ1v) is 11.6. The Morgan fingerprint density at radius 3 is 2.71 bits per heavy atom. The van der Waals surface area contributed by atoms with Crippen LogP contribution in [0.2, 0.25) is 0 Å². The van der Waals surface area contributed by atoms with Crippen molar-refractivity contribution in [3.8, 4) is 22.8 Å². The lowest BCUT2D eigenvalue weighted by atomic mass is 10.1. The van der Waals surface area contributed by atoms with E-state index in [9.17, 15) is 13.6 Å². The average Bonchev–Trinajstić information content (AvgIpc) is 3.25. The fourth-order valence-electron chi connectivity index (χ4n) is 3.62. The van der Waals surface area contributed by atoms with Crippen molar-refractivity contribution in [2.75, 3.05) is 37.9 Å². The Bertz CT molecular complexity index is 1460. The lowest BCUT2D eigenvalue weighted by Crippen LogP contribution is -2.20. The molecular formula is C26H27F2N7O3. The number of halogens is 2. The largest absolute Gasteiger partial charge is 0.490 e. The SMILES string of the molecule is C=CC(=O)Nc1cc(Nc2cc(-c3ccc4cnn(C)c4c3)ncn2)c(OC(F)F)cc1OCCN(C)C. The standard InChI is InChI=1S/C26H27F2N7O3/c1-5-25(36)33-19-11-20(23(38-26(27)28)13-22(19)37-9-8-34(2)3)32-24-12-18(29-15-30-24)16-6-7-17-14-31-35(4)21(17)10-16/h5-7,10-15,26H,1,8-9H2,2-4H3,(H,33,36)(H,29,30,32). The number of amides is 1. The summed E-state index contributed by atoms with van der Waals surface area (Å²) in [5.41, 5.74) is 2.73. The molecule has 198 valence electrons. The van der Waals surface area contributed by atoms with E-state index in [4.69, 9.17) is 9.47 Å². The Morgan fingerprint density at radius 1 is 1.16 bits per heavy atom. The molecule has 0 aliphatic carbocycles.